The average Bonchev–Trinajstić information content (AvgIpc) is 2.15. The Morgan fingerprint density at radius 2 is 2.00 bits per heavy atom. The minimum Gasteiger partial charge on any atom is -0.326 e. The molecule has 0 aliphatic rings. The molecule has 0 atom stereocenters. The molecule has 0 saturated carbocycles. The van der Waals surface area contributed by atoms with Crippen LogP contribution in [0.15, 0.2) is 30.8 Å². The van der Waals surface area contributed by atoms with Crippen LogP contribution in [-0.2, 0) is 5.41 Å². The van der Waals surface area contributed by atoms with Gasteiger partial charge in [-0.15, -0.1) is 0 Å². The summed E-state index contributed by atoms with van der Waals surface area (Å²) in [7, 11) is 0. The number of hydrogen-bond donors (Lipinski definition) is 1. The molecule has 1 nitrogen and oxygen atoms in total. The van der Waals surface area contributed by atoms with Crippen molar-refractivity contribution in [3.63, 3.8) is 0 Å². The van der Waals surface area contributed by atoms with E-state index in [4.69, 9.17) is 5.73 Å². The van der Waals surface area contributed by atoms with Gasteiger partial charge in [0, 0.05) is 6.54 Å². The highest BCUT2D eigenvalue weighted by Crippen LogP contribution is 2.24. The molecule has 0 unspecified atom stereocenters. The van der Waals surface area contributed by atoms with Gasteiger partial charge in [0.2, 0.25) is 0 Å². The van der Waals surface area contributed by atoms with E-state index in [9.17, 15) is 0 Å². The summed E-state index contributed by atoms with van der Waals surface area (Å²) < 4.78 is 0. The van der Waals surface area contributed by atoms with E-state index in [0.29, 0.717) is 6.54 Å². The second-order valence-electron chi connectivity index (χ2n) is 4.64. The van der Waals surface area contributed by atoms with Crippen LogP contribution in [-0.4, -0.2) is 6.54 Å². The Balaban J connectivity index is 3.08. The predicted molar refractivity (Wildman–Crippen MR) is 63.2 cm³/mol. The highest BCUT2D eigenvalue weighted by Gasteiger charge is 2.13. The molecule has 0 radical (unpaired) electrons. The summed E-state index contributed by atoms with van der Waals surface area (Å²) in [4.78, 5) is 0. The zero-order chi connectivity index (χ0) is 10.8. The third-order valence-electron chi connectivity index (χ3n) is 2.38. The van der Waals surface area contributed by atoms with Crippen molar-refractivity contribution in [2.45, 2.75) is 26.2 Å². The molecule has 0 fully saturated rings. The third kappa shape index (κ3) is 2.46. The van der Waals surface area contributed by atoms with E-state index < -0.39 is 0 Å². The van der Waals surface area contributed by atoms with Crippen molar-refractivity contribution in [1.82, 2.24) is 0 Å². The van der Waals surface area contributed by atoms with Crippen molar-refractivity contribution >= 4 is 5.57 Å². The van der Waals surface area contributed by atoms with Crippen molar-refractivity contribution in [3.8, 4) is 0 Å². The molecular weight excluding hydrogens is 170 g/mol. The first-order chi connectivity index (χ1) is 6.45. The molecule has 1 rings (SSSR count). The van der Waals surface area contributed by atoms with Gasteiger partial charge in [-0.2, -0.15) is 0 Å². The monoisotopic (exact) mass is 189 g/mol. The molecule has 0 spiro atoms. The molecule has 0 bridgehead atoms. The topological polar surface area (TPSA) is 26.0 Å². The zero-order valence-electron chi connectivity index (χ0n) is 9.30. The average molecular weight is 189 g/mol. The fraction of sp³-hybridized carbons (Fsp3) is 0.385. The number of hydrogen-bond acceptors (Lipinski definition) is 1. The molecule has 1 aromatic rings. The number of rotatable bonds is 2. The second-order valence-corrected chi connectivity index (χ2v) is 4.64. The third-order valence-corrected chi connectivity index (χ3v) is 2.38. The quantitative estimate of drug-likeness (QED) is 0.760. The maximum Gasteiger partial charge on any atom is 0.0178 e. The number of benzene rings is 1. The van der Waals surface area contributed by atoms with E-state index in [1.807, 2.05) is 0 Å². The highest BCUT2D eigenvalue weighted by molar-refractivity contribution is 5.65. The molecule has 0 aromatic heterocycles. The summed E-state index contributed by atoms with van der Waals surface area (Å²) >= 11 is 0. The molecule has 1 heteroatoms. The van der Waals surface area contributed by atoms with Crippen LogP contribution in [0.5, 0.6) is 0 Å². The lowest BCUT2D eigenvalue weighted by Gasteiger charge is -2.20. The fourth-order valence-corrected chi connectivity index (χ4v) is 1.32. The van der Waals surface area contributed by atoms with Crippen molar-refractivity contribution in [2.24, 2.45) is 5.73 Å². The Morgan fingerprint density at radius 1 is 1.36 bits per heavy atom. The molecule has 0 heterocycles. The summed E-state index contributed by atoms with van der Waals surface area (Å²) in [5.41, 5.74) is 9.22. The Morgan fingerprint density at radius 3 is 2.50 bits per heavy atom. The van der Waals surface area contributed by atoms with Gasteiger partial charge >= 0.3 is 0 Å². The van der Waals surface area contributed by atoms with Gasteiger partial charge in [-0.25, -0.2) is 0 Å². The van der Waals surface area contributed by atoms with Crippen molar-refractivity contribution in [3.05, 3.63) is 42.0 Å². The first kappa shape index (κ1) is 11.0. The molecule has 14 heavy (non-hydrogen) atoms. The van der Waals surface area contributed by atoms with Crippen LogP contribution in [0.1, 0.15) is 31.9 Å². The standard InChI is InChI=1S/C13H19N/c1-10(9-14)11-6-5-7-12(8-11)13(2,3)4/h5-8H,1,9,14H2,2-4H3. The minimum absolute atomic E-state index is 0.185. The van der Waals surface area contributed by atoms with Gasteiger partial charge < -0.3 is 5.73 Å². The van der Waals surface area contributed by atoms with Gasteiger partial charge in [-0.1, -0.05) is 51.6 Å². The van der Waals surface area contributed by atoms with Crippen molar-refractivity contribution in [2.75, 3.05) is 6.54 Å². The Hall–Kier alpha value is -1.08. The van der Waals surface area contributed by atoms with E-state index in [2.05, 4.69) is 51.6 Å². The maximum absolute atomic E-state index is 5.56. The van der Waals surface area contributed by atoms with Crippen LogP contribution in [0, 0.1) is 0 Å². The second kappa shape index (κ2) is 3.97. The summed E-state index contributed by atoms with van der Waals surface area (Å²) in [6.45, 7) is 11.1. The zero-order valence-corrected chi connectivity index (χ0v) is 9.30. The molecule has 0 aliphatic carbocycles. The van der Waals surface area contributed by atoms with Gasteiger partial charge in [-0.05, 0) is 22.1 Å². The highest BCUT2D eigenvalue weighted by atomic mass is 14.5. The van der Waals surface area contributed by atoms with Crippen molar-refractivity contribution < 1.29 is 0 Å². The smallest absolute Gasteiger partial charge is 0.0178 e. The molecule has 76 valence electrons. The normalized spacial score (nSPS) is 11.4. The molecule has 0 amide bonds. The Kier molecular flexibility index (Phi) is 3.12. The Bertz CT molecular complexity index is 331. The van der Waals surface area contributed by atoms with Crippen LogP contribution < -0.4 is 5.73 Å². The van der Waals surface area contributed by atoms with Gasteiger partial charge in [0.25, 0.3) is 0 Å². The number of nitrogens with two attached hydrogens (primary N) is 1. The molecular formula is C13H19N. The molecule has 0 saturated heterocycles. The van der Waals surface area contributed by atoms with Gasteiger partial charge in [-0.3, -0.25) is 0 Å². The van der Waals surface area contributed by atoms with Crippen molar-refractivity contribution in [1.29, 1.82) is 0 Å². The van der Waals surface area contributed by atoms with Gasteiger partial charge in [0.05, 0.1) is 0 Å². The lowest BCUT2D eigenvalue weighted by molar-refractivity contribution is 0.590. The maximum atomic E-state index is 5.56. The summed E-state index contributed by atoms with van der Waals surface area (Å²) in [5, 5.41) is 0. The summed E-state index contributed by atoms with van der Waals surface area (Å²) in [5.74, 6) is 0. The fourth-order valence-electron chi connectivity index (χ4n) is 1.32. The van der Waals surface area contributed by atoms with Gasteiger partial charge in [0.15, 0.2) is 0 Å². The largest absolute Gasteiger partial charge is 0.326 e. The first-order valence-electron chi connectivity index (χ1n) is 4.94. The molecule has 2 N–H and O–H groups in total. The lowest BCUT2D eigenvalue weighted by atomic mass is 9.85. The van der Waals surface area contributed by atoms with E-state index in [0.717, 1.165) is 11.1 Å². The lowest BCUT2D eigenvalue weighted by Crippen LogP contribution is -2.11. The first-order valence-corrected chi connectivity index (χ1v) is 4.94. The van der Waals surface area contributed by atoms with E-state index in [1.54, 1.807) is 0 Å². The van der Waals surface area contributed by atoms with Crippen LogP contribution in [0.25, 0.3) is 5.57 Å². The van der Waals surface area contributed by atoms with E-state index in [-0.39, 0.29) is 5.41 Å². The molecule has 0 aliphatic heterocycles. The van der Waals surface area contributed by atoms with Crippen LogP contribution >= 0.6 is 0 Å². The van der Waals surface area contributed by atoms with Crippen LogP contribution in [0.4, 0.5) is 0 Å². The van der Waals surface area contributed by atoms with E-state index in [1.165, 1.54) is 5.56 Å². The van der Waals surface area contributed by atoms with E-state index >= 15 is 0 Å². The van der Waals surface area contributed by atoms with Crippen LogP contribution in [0.3, 0.4) is 0 Å². The summed E-state index contributed by atoms with van der Waals surface area (Å²) in [6, 6.07) is 8.45. The molecule has 1 aromatic carbocycles. The van der Waals surface area contributed by atoms with Gasteiger partial charge in [0.1, 0.15) is 0 Å². The van der Waals surface area contributed by atoms with Crippen LogP contribution in [0.2, 0.25) is 0 Å². The summed E-state index contributed by atoms with van der Waals surface area (Å²) in [6.07, 6.45) is 0. The SMILES string of the molecule is C=C(CN)c1cccc(C(C)(C)C)c1. The predicted octanol–water partition coefficient (Wildman–Crippen LogP) is 2.96. The Labute approximate surface area is 86.6 Å². The minimum atomic E-state index is 0.185.